The first-order valence-corrected chi connectivity index (χ1v) is 7.42. The van der Waals surface area contributed by atoms with E-state index in [0.717, 1.165) is 38.7 Å². The van der Waals surface area contributed by atoms with E-state index < -0.39 is 0 Å². The Labute approximate surface area is 125 Å². The molecule has 0 aliphatic carbocycles. The van der Waals surface area contributed by atoms with Crippen molar-refractivity contribution in [1.29, 1.82) is 0 Å². The lowest BCUT2D eigenvalue weighted by Crippen LogP contribution is -2.49. The number of nitrogens with two attached hydrogens (primary N) is 1. The van der Waals surface area contributed by atoms with Gasteiger partial charge in [0.15, 0.2) is 0 Å². The summed E-state index contributed by atoms with van der Waals surface area (Å²) in [6, 6.07) is 1.74. The molecule has 1 atom stereocenters. The Bertz CT molecular complexity index is 430. The summed E-state index contributed by atoms with van der Waals surface area (Å²) in [5, 5.41) is 2.91. The summed E-state index contributed by atoms with van der Waals surface area (Å²) in [6.45, 7) is 7.13. The molecule has 1 aromatic heterocycles. The minimum absolute atomic E-state index is 0.0290. The van der Waals surface area contributed by atoms with Gasteiger partial charge in [-0.2, -0.15) is 0 Å². The second-order valence-corrected chi connectivity index (χ2v) is 5.41. The summed E-state index contributed by atoms with van der Waals surface area (Å²) in [5.74, 6) is 0.823. The number of anilines is 1. The predicted octanol–water partition coefficient (Wildman–Crippen LogP) is -0.548. The highest BCUT2D eigenvalue weighted by Crippen LogP contribution is 2.08. The predicted molar refractivity (Wildman–Crippen MR) is 82.0 cm³/mol. The average molecular weight is 292 g/mol. The third kappa shape index (κ3) is 5.28. The van der Waals surface area contributed by atoms with Crippen molar-refractivity contribution in [3.63, 3.8) is 0 Å². The topological polar surface area (TPSA) is 87.4 Å². The van der Waals surface area contributed by atoms with E-state index in [-0.39, 0.29) is 11.9 Å². The largest absolute Gasteiger partial charge is 0.355 e. The molecule has 3 N–H and O–H groups in total. The van der Waals surface area contributed by atoms with Gasteiger partial charge in [-0.1, -0.05) is 0 Å². The molecular formula is C14H24N6O. The lowest BCUT2D eigenvalue weighted by atomic mass is 10.2. The maximum absolute atomic E-state index is 11.5. The first kappa shape index (κ1) is 15.7. The SMILES string of the molecule is CC(N)CC(=O)NCCN1CCN(c2ncccn2)CC1. The highest BCUT2D eigenvalue weighted by Gasteiger charge is 2.18. The molecule has 1 aliphatic heterocycles. The van der Waals surface area contributed by atoms with Crippen LogP contribution in [0.1, 0.15) is 13.3 Å². The summed E-state index contributed by atoms with van der Waals surface area (Å²) >= 11 is 0. The minimum Gasteiger partial charge on any atom is -0.355 e. The Morgan fingerprint density at radius 2 is 2.00 bits per heavy atom. The van der Waals surface area contributed by atoms with E-state index in [1.54, 1.807) is 12.4 Å². The van der Waals surface area contributed by atoms with Crippen LogP contribution < -0.4 is 16.0 Å². The van der Waals surface area contributed by atoms with Crippen LogP contribution in [0.4, 0.5) is 5.95 Å². The highest BCUT2D eigenvalue weighted by atomic mass is 16.1. The van der Waals surface area contributed by atoms with Gasteiger partial charge in [0.2, 0.25) is 11.9 Å². The molecule has 2 heterocycles. The quantitative estimate of drug-likeness (QED) is 0.732. The zero-order chi connectivity index (χ0) is 15.1. The Kier molecular flexibility index (Phi) is 5.89. The molecule has 0 aromatic carbocycles. The molecular weight excluding hydrogens is 268 g/mol. The van der Waals surface area contributed by atoms with E-state index in [2.05, 4.69) is 25.1 Å². The van der Waals surface area contributed by atoms with Crippen LogP contribution in [0.2, 0.25) is 0 Å². The van der Waals surface area contributed by atoms with Crippen molar-refractivity contribution in [1.82, 2.24) is 20.2 Å². The molecule has 21 heavy (non-hydrogen) atoms. The van der Waals surface area contributed by atoms with Crippen molar-refractivity contribution in [2.24, 2.45) is 5.73 Å². The molecule has 1 fully saturated rings. The number of nitrogens with one attached hydrogen (secondary N) is 1. The summed E-state index contributed by atoms with van der Waals surface area (Å²) in [5.41, 5.74) is 5.59. The first-order valence-electron chi connectivity index (χ1n) is 7.42. The highest BCUT2D eigenvalue weighted by molar-refractivity contribution is 5.76. The Balaban J connectivity index is 1.64. The van der Waals surface area contributed by atoms with Crippen molar-refractivity contribution in [3.05, 3.63) is 18.5 Å². The molecule has 1 aromatic rings. The average Bonchev–Trinajstić information content (AvgIpc) is 2.48. The van der Waals surface area contributed by atoms with Gasteiger partial charge in [-0.3, -0.25) is 9.69 Å². The van der Waals surface area contributed by atoms with Crippen LogP contribution in [0.15, 0.2) is 18.5 Å². The van der Waals surface area contributed by atoms with Crippen LogP contribution in [0.5, 0.6) is 0 Å². The smallest absolute Gasteiger partial charge is 0.225 e. The van der Waals surface area contributed by atoms with Gasteiger partial charge in [0.05, 0.1) is 0 Å². The van der Waals surface area contributed by atoms with Gasteiger partial charge in [-0.15, -0.1) is 0 Å². The van der Waals surface area contributed by atoms with Crippen molar-refractivity contribution in [2.75, 3.05) is 44.2 Å². The zero-order valence-electron chi connectivity index (χ0n) is 12.5. The number of carbonyl (C=O) groups is 1. The summed E-state index contributed by atoms with van der Waals surface area (Å²) in [7, 11) is 0. The van der Waals surface area contributed by atoms with Crippen molar-refractivity contribution < 1.29 is 4.79 Å². The second-order valence-electron chi connectivity index (χ2n) is 5.41. The minimum atomic E-state index is -0.0839. The number of carbonyl (C=O) groups excluding carboxylic acids is 1. The number of rotatable bonds is 6. The van der Waals surface area contributed by atoms with Crippen molar-refractivity contribution in [2.45, 2.75) is 19.4 Å². The number of amides is 1. The molecule has 0 bridgehead atoms. The van der Waals surface area contributed by atoms with Crippen LogP contribution >= 0.6 is 0 Å². The number of aromatic nitrogens is 2. The molecule has 1 unspecified atom stereocenters. The van der Waals surface area contributed by atoms with E-state index in [4.69, 9.17) is 5.73 Å². The molecule has 0 radical (unpaired) electrons. The Morgan fingerprint density at radius 1 is 1.33 bits per heavy atom. The third-order valence-corrected chi connectivity index (χ3v) is 3.46. The van der Waals surface area contributed by atoms with Crippen molar-refractivity contribution >= 4 is 11.9 Å². The van der Waals surface area contributed by atoms with Crippen LogP contribution in [-0.2, 0) is 4.79 Å². The molecule has 7 nitrogen and oxygen atoms in total. The van der Waals surface area contributed by atoms with Gasteiger partial charge in [0, 0.05) is 64.1 Å². The Hall–Kier alpha value is -1.73. The molecule has 2 rings (SSSR count). The van der Waals surface area contributed by atoms with Crippen molar-refractivity contribution in [3.8, 4) is 0 Å². The maximum Gasteiger partial charge on any atom is 0.225 e. The fraction of sp³-hybridized carbons (Fsp3) is 0.643. The number of hydrogen-bond donors (Lipinski definition) is 2. The molecule has 0 spiro atoms. The van der Waals surface area contributed by atoms with Crippen LogP contribution in [0, 0.1) is 0 Å². The fourth-order valence-electron chi connectivity index (χ4n) is 2.34. The summed E-state index contributed by atoms with van der Waals surface area (Å²) in [4.78, 5) is 24.6. The Morgan fingerprint density at radius 3 is 2.62 bits per heavy atom. The van der Waals surface area contributed by atoms with Gasteiger partial charge in [0.1, 0.15) is 0 Å². The third-order valence-electron chi connectivity index (χ3n) is 3.46. The number of hydrogen-bond acceptors (Lipinski definition) is 6. The molecule has 7 heteroatoms. The van der Waals surface area contributed by atoms with Gasteiger partial charge in [0.25, 0.3) is 0 Å². The van der Waals surface area contributed by atoms with Crippen LogP contribution in [0.3, 0.4) is 0 Å². The van der Waals surface area contributed by atoms with E-state index >= 15 is 0 Å². The maximum atomic E-state index is 11.5. The molecule has 1 aliphatic rings. The van der Waals surface area contributed by atoms with E-state index in [1.807, 2.05) is 13.0 Å². The van der Waals surface area contributed by atoms with E-state index in [9.17, 15) is 4.79 Å². The normalized spacial score (nSPS) is 17.5. The molecule has 1 saturated heterocycles. The van der Waals surface area contributed by atoms with Gasteiger partial charge < -0.3 is 16.0 Å². The zero-order valence-corrected chi connectivity index (χ0v) is 12.5. The number of piperazine rings is 1. The fourth-order valence-corrected chi connectivity index (χ4v) is 2.34. The monoisotopic (exact) mass is 292 g/mol. The van der Waals surface area contributed by atoms with E-state index in [0.29, 0.717) is 13.0 Å². The summed E-state index contributed by atoms with van der Waals surface area (Å²) in [6.07, 6.45) is 3.92. The molecule has 1 amide bonds. The lowest BCUT2D eigenvalue weighted by Gasteiger charge is -2.34. The number of nitrogens with zero attached hydrogens (tertiary/aromatic N) is 4. The van der Waals surface area contributed by atoms with Crippen LogP contribution in [-0.4, -0.2) is 66.1 Å². The lowest BCUT2D eigenvalue weighted by molar-refractivity contribution is -0.121. The molecule has 0 saturated carbocycles. The van der Waals surface area contributed by atoms with E-state index in [1.165, 1.54) is 0 Å². The standard InChI is InChI=1S/C14H24N6O/c1-12(15)11-13(21)16-5-6-19-7-9-20(10-8-19)14-17-3-2-4-18-14/h2-4,12H,5-11,15H2,1H3,(H,16,21). The van der Waals surface area contributed by atoms with Crippen LogP contribution in [0.25, 0.3) is 0 Å². The van der Waals surface area contributed by atoms with Gasteiger partial charge in [-0.25, -0.2) is 9.97 Å². The first-order chi connectivity index (χ1) is 10.1. The molecule has 116 valence electrons. The summed E-state index contributed by atoms with van der Waals surface area (Å²) < 4.78 is 0. The van der Waals surface area contributed by atoms with Gasteiger partial charge >= 0.3 is 0 Å². The van der Waals surface area contributed by atoms with Gasteiger partial charge in [-0.05, 0) is 13.0 Å². The second kappa shape index (κ2) is 7.90.